The van der Waals surface area contributed by atoms with Gasteiger partial charge in [0.15, 0.2) is 0 Å². The number of hydrogen-bond donors (Lipinski definition) is 2. The van der Waals surface area contributed by atoms with Gasteiger partial charge in [-0.05, 0) is 13.0 Å². The molecule has 0 fully saturated rings. The third-order valence-electron chi connectivity index (χ3n) is 1.96. The molecular weight excluding hydrogens is 226 g/mol. The van der Waals surface area contributed by atoms with Gasteiger partial charge in [-0.3, -0.25) is 19.7 Å². The average Bonchev–Trinajstić information content (AvgIpc) is 2.19. The molecule has 17 heavy (non-hydrogen) atoms. The van der Waals surface area contributed by atoms with E-state index >= 15 is 0 Å². The van der Waals surface area contributed by atoms with Crippen LogP contribution in [-0.2, 0) is 9.59 Å². The lowest BCUT2D eigenvalue weighted by atomic mass is 10.2. The normalized spacial score (nSPS) is 9.71. The third-order valence-corrected chi connectivity index (χ3v) is 1.96. The highest BCUT2D eigenvalue weighted by Crippen LogP contribution is 2.28. The smallest absolute Gasteiger partial charge is 0.294 e. The number of carbonyl (C=O) groups excluding carboxylic acids is 2. The molecule has 1 amide bonds. The summed E-state index contributed by atoms with van der Waals surface area (Å²) < 4.78 is 0. The second-order valence-corrected chi connectivity index (χ2v) is 3.42. The number of carbonyl (C=O) groups is 2. The lowest BCUT2D eigenvalue weighted by molar-refractivity contribution is -0.383. The largest absolute Gasteiger partial charge is 0.391 e. The van der Waals surface area contributed by atoms with E-state index in [1.54, 1.807) is 0 Å². The number of nitrogens with one attached hydrogen (secondary N) is 1. The van der Waals surface area contributed by atoms with Crippen LogP contribution in [0.5, 0.6) is 0 Å². The summed E-state index contributed by atoms with van der Waals surface area (Å²) in [6, 6.07) is 4.06. The summed E-state index contributed by atoms with van der Waals surface area (Å²) in [5, 5.41) is 12.9. The van der Waals surface area contributed by atoms with Crippen molar-refractivity contribution in [1.29, 1.82) is 0 Å². The highest BCUT2D eigenvalue weighted by molar-refractivity contribution is 6.05. The fraction of sp³-hybridized carbons (Fsp3) is 0.200. The van der Waals surface area contributed by atoms with Gasteiger partial charge in [-0.25, -0.2) is 0 Å². The van der Waals surface area contributed by atoms with Crippen LogP contribution in [0.3, 0.4) is 0 Å². The van der Waals surface area contributed by atoms with Gasteiger partial charge in [-0.15, -0.1) is 0 Å². The van der Waals surface area contributed by atoms with Gasteiger partial charge in [0.25, 0.3) is 5.69 Å². The highest BCUT2D eigenvalue weighted by atomic mass is 16.6. The Kier molecular flexibility index (Phi) is 3.76. The second kappa shape index (κ2) is 5.06. The quantitative estimate of drug-likeness (QED) is 0.352. The maximum atomic E-state index is 11.3. The van der Waals surface area contributed by atoms with Gasteiger partial charge in [0.1, 0.15) is 11.5 Å². The summed E-state index contributed by atoms with van der Waals surface area (Å²) >= 11 is 0. The second-order valence-electron chi connectivity index (χ2n) is 3.42. The molecule has 0 radical (unpaired) electrons. The Morgan fingerprint density at radius 1 is 1.47 bits per heavy atom. The predicted octanol–water partition coefficient (Wildman–Crippen LogP) is 1.09. The van der Waals surface area contributed by atoms with E-state index in [2.05, 4.69) is 5.32 Å². The van der Waals surface area contributed by atoms with Crippen LogP contribution in [-0.4, -0.2) is 16.6 Å². The zero-order chi connectivity index (χ0) is 13.0. The molecule has 1 aromatic carbocycles. The van der Waals surface area contributed by atoms with Crippen molar-refractivity contribution in [3.8, 4) is 0 Å². The molecule has 0 saturated heterocycles. The molecule has 0 atom stereocenters. The predicted molar refractivity (Wildman–Crippen MR) is 61.4 cm³/mol. The Balaban J connectivity index is 2.92. The number of rotatable bonds is 4. The summed E-state index contributed by atoms with van der Waals surface area (Å²) in [7, 11) is 0. The Bertz CT molecular complexity index is 484. The number of hydrogen-bond acceptors (Lipinski definition) is 5. The van der Waals surface area contributed by atoms with Crippen LogP contribution in [0.1, 0.15) is 13.3 Å². The van der Waals surface area contributed by atoms with Gasteiger partial charge in [0.05, 0.1) is 17.0 Å². The van der Waals surface area contributed by atoms with Crippen molar-refractivity contribution in [3.63, 3.8) is 0 Å². The molecule has 0 aliphatic carbocycles. The number of nitrogens with two attached hydrogens (primary N) is 1. The van der Waals surface area contributed by atoms with Crippen LogP contribution in [0.2, 0.25) is 0 Å². The maximum absolute atomic E-state index is 11.3. The monoisotopic (exact) mass is 237 g/mol. The van der Waals surface area contributed by atoms with E-state index in [4.69, 9.17) is 5.73 Å². The van der Waals surface area contributed by atoms with Crippen LogP contribution in [0.15, 0.2) is 18.2 Å². The number of benzene rings is 1. The van der Waals surface area contributed by atoms with E-state index < -0.39 is 10.8 Å². The lowest BCUT2D eigenvalue weighted by Gasteiger charge is -2.07. The summed E-state index contributed by atoms with van der Waals surface area (Å²) in [5.41, 5.74) is 5.24. The maximum Gasteiger partial charge on any atom is 0.294 e. The molecule has 0 bridgehead atoms. The van der Waals surface area contributed by atoms with Crippen molar-refractivity contribution in [1.82, 2.24) is 0 Å². The molecule has 0 spiro atoms. The minimum absolute atomic E-state index is 0.130. The summed E-state index contributed by atoms with van der Waals surface area (Å²) in [4.78, 5) is 32.0. The molecule has 1 rings (SSSR count). The molecule has 7 heteroatoms. The van der Waals surface area contributed by atoms with Gasteiger partial charge in [-0.1, -0.05) is 6.07 Å². The zero-order valence-electron chi connectivity index (χ0n) is 9.10. The summed E-state index contributed by atoms with van der Waals surface area (Å²) in [5.74, 6) is -0.851. The number of anilines is 2. The van der Waals surface area contributed by atoms with Gasteiger partial charge in [-0.2, -0.15) is 0 Å². The molecule has 0 aliphatic rings. The minimum atomic E-state index is -0.643. The van der Waals surface area contributed by atoms with E-state index in [1.807, 2.05) is 0 Å². The first-order valence-corrected chi connectivity index (χ1v) is 4.74. The van der Waals surface area contributed by atoms with E-state index in [-0.39, 0.29) is 29.3 Å². The third kappa shape index (κ3) is 3.26. The topological polar surface area (TPSA) is 115 Å². The van der Waals surface area contributed by atoms with E-state index in [0.29, 0.717) is 0 Å². The zero-order valence-corrected chi connectivity index (χ0v) is 9.10. The first-order valence-electron chi connectivity index (χ1n) is 4.74. The molecule has 0 heterocycles. The Morgan fingerprint density at radius 2 is 2.12 bits per heavy atom. The Labute approximate surface area is 96.8 Å². The first-order chi connectivity index (χ1) is 7.91. The van der Waals surface area contributed by atoms with E-state index in [0.717, 1.165) is 0 Å². The fourth-order valence-electron chi connectivity index (χ4n) is 1.24. The molecule has 0 unspecified atom stereocenters. The van der Waals surface area contributed by atoms with Crippen molar-refractivity contribution in [2.24, 2.45) is 0 Å². The first kappa shape index (κ1) is 12.6. The molecule has 1 aromatic rings. The molecule has 7 nitrogen and oxygen atoms in total. The standard InChI is InChI=1S/C10H11N3O4/c1-6(14)5-9(15)12-7-3-2-4-8(10(7)11)13(16)17/h2-4H,5,11H2,1H3,(H,12,15). The molecule has 3 N–H and O–H groups in total. The van der Waals surface area contributed by atoms with Crippen LogP contribution < -0.4 is 11.1 Å². The van der Waals surface area contributed by atoms with Gasteiger partial charge in [0, 0.05) is 6.07 Å². The Morgan fingerprint density at radius 3 is 2.65 bits per heavy atom. The molecule has 0 aromatic heterocycles. The van der Waals surface area contributed by atoms with Crippen molar-refractivity contribution in [2.45, 2.75) is 13.3 Å². The van der Waals surface area contributed by atoms with Crippen LogP contribution in [0.25, 0.3) is 0 Å². The van der Waals surface area contributed by atoms with Crippen molar-refractivity contribution < 1.29 is 14.5 Å². The highest BCUT2D eigenvalue weighted by Gasteiger charge is 2.16. The van der Waals surface area contributed by atoms with Crippen LogP contribution >= 0.6 is 0 Å². The summed E-state index contributed by atoms with van der Waals surface area (Å²) in [6.07, 6.45) is -0.290. The number of amides is 1. The number of nitro benzene ring substituents is 1. The molecule has 90 valence electrons. The van der Waals surface area contributed by atoms with Crippen LogP contribution in [0.4, 0.5) is 17.1 Å². The van der Waals surface area contributed by atoms with E-state index in [1.165, 1.54) is 25.1 Å². The lowest BCUT2D eigenvalue weighted by Crippen LogP contribution is -2.16. The number of ketones is 1. The summed E-state index contributed by atoms with van der Waals surface area (Å²) in [6.45, 7) is 1.27. The molecule has 0 saturated carbocycles. The number of nitrogen functional groups attached to an aromatic ring is 1. The van der Waals surface area contributed by atoms with Crippen LogP contribution in [0, 0.1) is 10.1 Å². The molecule has 0 aliphatic heterocycles. The number of para-hydroxylation sites is 1. The minimum Gasteiger partial charge on any atom is -0.391 e. The number of Topliss-reactive ketones (excluding diaryl/α,β-unsaturated/α-hetero) is 1. The van der Waals surface area contributed by atoms with Crippen molar-refractivity contribution in [2.75, 3.05) is 11.1 Å². The Hall–Kier alpha value is -2.44. The van der Waals surface area contributed by atoms with Crippen molar-refractivity contribution >= 4 is 28.8 Å². The van der Waals surface area contributed by atoms with Crippen molar-refractivity contribution in [3.05, 3.63) is 28.3 Å². The molecular formula is C10H11N3O4. The van der Waals surface area contributed by atoms with E-state index in [9.17, 15) is 19.7 Å². The van der Waals surface area contributed by atoms with Gasteiger partial charge < -0.3 is 11.1 Å². The average molecular weight is 237 g/mol. The number of nitro groups is 1. The van der Waals surface area contributed by atoms with Gasteiger partial charge >= 0.3 is 0 Å². The SMILES string of the molecule is CC(=O)CC(=O)Nc1cccc([N+](=O)[O-])c1N. The fourth-order valence-corrected chi connectivity index (χ4v) is 1.24. The number of nitrogens with zero attached hydrogens (tertiary/aromatic N) is 1. The van der Waals surface area contributed by atoms with Gasteiger partial charge in [0.2, 0.25) is 5.91 Å².